The first kappa shape index (κ1) is 7.67. The maximum absolute atomic E-state index is 5.34. The lowest BCUT2D eigenvalue weighted by molar-refractivity contribution is 0.458. The van der Waals surface area contributed by atoms with Crippen molar-refractivity contribution < 1.29 is 4.74 Å². The van der Waals surface area contributed by atoms with Gasteiger partial charge in [0, 0.05) is 18.6 Å². The molecule has 0 N–H and O–H groups in total. The van der Waals surface area contributed by atoms with E-state index in [9.17, 15) is 0 Å². The number of ether oxygens (including phenoxy) is 1. The molecule has 0 aliphatic carbocycles. The first-order chi connectivity index (χ1) is 6.45. The van der Waals surface area contributed by atoms with Crippen LogP contribution in [0, 0.1) is 0 Å². The zero-order chi connectivity index (χ0) is 8.93. The molecule has 2 rings (SSSR count). The van der Waals surface area contributed by atoms with Crippen molar-refractivity contribution in [3.8, 4) is 11.6 Å². The second-order valence-corrected chi connectivity index (χ2v) is 2.33. The highest BCUT2D eigenvalue weighted by atomic mass is 16.5. The number of pyridine rings is 1. The van der Waals surface area contributed by atoms with Crippen LogP contribution >= 0.6 is 0 Å². The van der Waals surface area contributed by atoms with Crippen LogP contribution in [0.25, 0.3) is 0 Å². The Labute approximate surface area is 75.3 Å². The SMILES string of the molecule is c1cncc(Oc2cnccn2)c1. The van der Waals surface area contributed by atoms with E-state index in [4.69, 9.17) is 4.74 Å². The Kier molecular flexibility index (Phi) is 2.14. The molecule has 13 heavy (non-hydrogen) atoms. The standard InChI is InChI=1S/C9H7N3O/c1-2-8(6-10-3-1)13-9-7-11-4-5-12-9/h1-7H. The van der Waals surface area contributed by atoms with E-state index < -0.39 is 0 Å². The van der Waals surface area contributed by atoms with Crippen molar-refractivity contribution >= 4 is 0 Å². The second kappa shape index (κ2) is 3.62. The molecule has 0 bridgehead atoms. The Balaban J connectivity index is 2.16. The molecule has 0 aliphatic heterocycles. The number of hydrogen-bond acceptors (Lipinski definition) is 4. The average molecular weight is 173 g/mol. The van der Waals surface area contributed by atoms with Crippen molar-refractivity contribution in [1.29, 1.82) is 0 Å². The van der Waals surface area contributed by atoms with E-state index in [0.717, 1.165) is 0 Å². The van der Waals surface area contributed by atoms with Crippen molar-refractivity contribution in [3.05, 3.63) is 43.1 Å². The summed E-state index contributed by atoms with van der Waals surface area (Å²) in [4.78, 5) is 11.7. The number of rotatable bonds is 2. The fourth-order valence-electron chi connectivity index (χ4n) is 0.866. The third kappa shape index (κ3) is 1.99. The summed E-state index contributed by atoms with van der Waals surface area (Å²) in [5.41, 5.74) is 0. The largest absolute Gasteiger partial charge is 0.436 e. The molecule has 64 valence electrons. The molecule has 0 fully saturated rings. The molecule has 0 aliphatic rings. The van der Waals surface area contributed by atoms with E-state index in [2.05, 4.69) is 15.0 Å². The molecule has 4 nitrogen and oxygen atoms in total. The summed E-state index contributed by atoms with van der Waals surface area (Å²) in [6.07, 6.45) is 8.02. The van der Waals surface area contributed by atoms with E-state index in [1.807, 2.05) is 6.07 Å². The van der Waals surface area contributed by atoms with E-state index in [1.54, 1.807) is 37.1 Å². The van der Waals surface area contributed by atoms with Gasteiger partial charge in [-0.25, -0.2) is 4.98 Å². The van der Waals surface area contributed by atoms with E-state index >= 15 is 0 Å². The van der Waals surface area contributed by atoms with E-state index in [1.165, 1.54) is 0 Å². The monoisotopic (exact) mass is 173 g/mol. The Morgan fingerprint density at radius 3 is 2.62 bits per heavy atom. The summed E-state index contributed by atoms with van der Waals surface area (Å²) in [6.45, 7) is 0. The van der Waals surface area contributed by atoms with Crippen LogP contribution in [-0.2, 0) is 0 Å². The third-order valence-electron chi connectivity index (χ3n) is 1.40. The van der Waals surface area contributed by atoms with Gasteiger partial charge in [-0.3, -0.25) is 9.97 Å². The zero-order valence-corrected chi connectivity index (χ0v) is 6.79. The van der Waals surface area contributed by atoms with Crippen LogP contribution in [0.5, 0.6) is 11.6 Å². The van der Waals surface area contributed by atoms with Crippen LogP contribution in [0.2, 0.25) is 0 Å². The molecule has 0 saturated carbocycles. The van der Waals surface area contributed by atoms with Gasteiger partial charge in [0.15, 0.2) is 0 Å². The van der Waals surface area contributed by atoms with Gasteiger partial charge in [0.05, 0.1) is 12.4 Å². The highest BCUT2D eigenvalue weighted by molar-refractivity contribution is 5.21. The molecular formula is C9H7N3O. The summed E-state index contributed by atoms with van der Waals surface area (Å²) < 4.78 is 5.34. The highest BCUT2D eigenvalue weighted by Crippen LogP contribution is 2.15. The minimum Gasteiger partial charge on any atom is -0.436 e. The smallest absolute Gasteiger partial charge is 0.237 e. The molecule has 0 amide bonds. The first-order valence-electron chi connectivity index (χ1n) is 3.79. The number of hydrogen-bond donors (Lipinski definition) is 0. The Bertz CT molecular complexity index is 326. The molecule has 0 aromatic carbocycles. The molecule has 0 saturated heterocycles. The normalized spacial score (nSPS) is 9.54. The van der Waals surface area contributed by atoms with Crippen molar-refractivity contribution in [2.24, 2.45) is 0 Å². The van der Waals surface area contributed by atoms with Gasteiger partial charge in [0.25, 0.3) is 0 Å². The Morgan fingerprint density at radius 2 is 1.92 bits per heavy atom. The Morgan fingerprint density at radius 1 is 1.00 bits per heavy atom. The van der Waals surface area contributed by atoms with Crippen LogP contribution < -0.4 is 4.74 Å². The van der Waals surface area contributed by atoms with E-state index in [0.29, 0.717) is 11.6 Å². The molecule has 2 aromatic rings. The lowest BCUT2D eigenvalue weighted by Gasteiger charge is -2.01. The molecule has 2 aromatic heterocycles. The maximum Gasteiger partial charge on any atom is 0.237 e. The third-order valence-corrected chi connectivity index (χ3v) is 1.40. The average Bonchev–Trinajstić information content (AvgIpc) is 2.21. The summed E-state index contributed by atoms with van der Waals surface area (Å²) in [5.74, 6) is 1.12. The fraction of sp³-hybridized carbons (Fsp3) is 0. The summed E-state index contributed by atoms with van der Waals surface area (Å²) in [7, 11) is 0. The predicted octanol–water partition coefficient (Wildman–Crippen LogP) is 1.66. The Hall–Kier alpha value is -1.97. The number of nitrogens with zero attached hydrogens (tertiary/aromatic N) is 3. The summed E-state index contributed by atoms with van der Waals surface area (Å²) >= 11 is 0. The van der Waals surface area contributed by atoms with Crippen molar-refractivity contribution in [1.82, 2.24) is 15.0 Å². The van der Waals surface area contributed by atoms with Crippen LogP contribution in [0.15, 0.2) is 43.1 Å². The highest BCUT2D eigenvalue weighted by Gasteiger charge is 1.95. The predicted molar refractivity (Wildman–Crippen MR) is 46.3 cm³/mol. The summed E-state index contributed by atoms with van der Waals surface area (Å²) in [6, 6.07) is 3.60. The van der Waals surface area contributed by atoms with Crippen molar-refractivity contribution in [2.75, 3.05) is 0 Å². The quantitative estimate of drug-likeness (QED) is 0.693. The minimum absolute atomic E-state index is 0.468. The van der Waals surface area contributed by atoms with Crippen LogP contribution in [0.1, 0.15) is 0 Å². The van der Waals surface area contributed by atoms with Gasteiger partial charge in [0.2, 0.25) is 5.88 Å². The van der Waals surface area contributed by atoms with Gasteiger partial charge in [-0.2, -0.15) is 0 Å². The molecule has 0 spiro atoms. The van der Waals surface area contributed by atoms with Gasteiger partial charge in [-0.15, -0.1) is 0 Å². The number of aromatic nitrogens is 3. The van der Waals surface area contributed by atoms with Gasteiger partial charge < -0.3 is 4.74 Å². The molecule has 0 radical (unpaired) electrons. The van der Waals surface area contributed by atoms with Gasteiger partial charge in [0.1, 0.15) is 5.75 Å². The van der Waals surface area contributed by atoms with E-state index in [-0.39, 0.29) is 0 Å². The maximum atomic E-state index is 5.34. The lowest BCUT2D eigenvalue weighted by atomic mass is 10.5. The second-order valence-electron chi connectivity index (χ2n) is 2.33. The first-order valence-corrected chi connectivity index (χ1v) is 3.79. The minimum atomic E-state index is 0.468. The molecule has 0 unspecified atom stereocenters. The van der Waals surface area contributed by atoms with Crippen molar-refractivity contribution in [3.63, 3.8) is 0 Å². The van der Waals surface area contributed by atoms with Crippen LogP contribution in [-0.4, -0.2) is 15.0 Å². The summed E-state index contributed by atoms with van der Waals surface area (Å²) in [5, 5.41) is 0. The molecule has 4 heteroatoms. The topological polar surface area (TPSA) is 47.9 Å². The van der Waals surface area contributed by atoms with Crippen LogP contribution in [0.3, 0.4) is 0 Å². The fourth-order valence-corrected chi connectivity index (χ4v) is 0.866. The lowest BCUT2D eigenvalue weighted by Crippen LogP contribution is -1.87. The zero-order valence-electron chi connectivity index (χ0n) is 6.79. The van der Waals surface area contributed by atoms with Gasteiger partial charge >= 0.3 is 0 Å². The van der Waals surface area contributed by atoms with Gasteiger partial charge in [-0.1, -0.05) is 0 Å². The molecule has 2 heterocycles. The van der Waals surface area contributed by atoms with Crippen LogP contribution in [0.4, 0.5) is 0 Å². The van der Waals surface area contributed by atoms with Crippen molar-refractivity contribution in [2.45, 2.75) is 0 Å². The molecule has 0 atom stereocenters. The van der Waals surface area contributed by atoms with Gasteiger partial charge in [-0.05, 0) is 12.1 Å². The molecular weight excluding hydrogens is 166 g/mol.